The van der Waals surface area contributed by atoms with Gasteiger partial charge in [0.2, 0.25) is 5.91 Å². The minimum Gasteiger partial charge on any atom is -0.486 e. The van der Waals surface area contributed by atoms with E-state index >= 15 is 0 Å². The molecule has 0 spiro atoms. The average molecular weight is 440 g/mol. The minimum absolute atomic E-state index is 0.105. The van der Waals surface area contributed by atoms with Crippen molar-refractivity contribution < 1.29 is 14.3 Å². The van der Waals surface area contributed by atoms with Crippen LogP contribution in [0.25, 0.3) is 20.7 Å². The van der Waals surface area contributed by atoms with Crippen LogP contribution in [0.1, 0.15) is 0 Å². The number of nitrogens with zero attached hydrogens (tertiary/aromatic N) is 2. The second-order valence-corrected chi connectivity index (χ2v) is 8.59. The zero-order valence-electron chi connectivity index (χ0n) is 15.7. The van der Waals surface area contributed by atoms with E-state index in [9.17, 15) is 9.59 Å². The number of ether oxygens (including phenoxy) is 2. The number of nitrogens with one attached hydrogen (secondary N) is 1. The predicted molar refractivity (Wildman–Crippen MR) is 117 cm³/mol. The van der Waals surface area contributed by atoms with Crippen LogP contribution in [0.3, 0.4) is 0 Å². The van der Waals surface area contributed by atoms with Crippen LogP contribution in [-0.4, -0.2) is 34.7 Å². The van der Waals surface area contributed by atoms with Gasteiger partial charge in [-0.05, 0) is 23.6 Å². The molecule has 4 aromatic rings. The number of fused-ring (bicyclic) bond motifs is 2. The van der Waals surface area contributed by atoms with Gasteiger partial charge in [0.15, 0.2) is 11.5 Å². The van der Waals surface area contributed by atoms with Crippen molar-refractivity contribution in [2.45, 2.75) is 12.6 Å². The molecule has 9 heteroatoms. The molecule has 4 heterocycles. The topological polar surface area (TPSA) is 82.5 Å². The molecule has 3 aromatic heterocycles. The van der Waals surface area contributed by atoms with E-state index in [0.29, 0.717) is 28.3 Å². The van der Waals surface area contributed by atoms with Gasteiger partial charge in [-0.3, -0.25) is 14.2 Å². The summed E-state index contributed by atoms with van der Waals surface area (Å²) in [5, 5.41) is 7.28. The smallest absolute Gasteiger partial charge is 0.263 e. The molecular weight excluding hydrogens is 422 g/mol. The van der Waals surface area contributed by atoms with Gasteiger partial charge in [0, 0.05) is 15.8 Å². The lowest BCUT2D eigenvalue weighted by atomic mass is 10.2. The van der Waals surface area contributed by atoms with Crippen LogP contribution in [0, 0.1) is 0 Å². The summed E-state index contributed by atoms with van der Waals surface area (Å²) in [6.45, 7) is 0.534. The Labute approximate surface area is 179 Å². The van der Waals surface area contributed by atoms with Crippen molar-refractivity contribution in [1.29, 1.82) is 0 Å². The van der Waals surface area contributed by atoms with Gasteiger partial charge in [0.1, 0.15) is 24.1 Å². The molecule has 0 fully saturated rings. The second-order valence-electron chi connectivity index (χ2n) is 6.79. The van der Waals surface area contributed by atoms with Crippen LogP contribution < -0.4 is 20.3 Å². The Balaban J connectivity index is 1.28. The Kier molecular flexibility index (Phi) is 4.97. The van der Waals surface area contributed by atoms with E-state index in [-0.39, 0.29) is 30.7 Å². The maximum atomic E-state index is 13.0. The van der Waals surface area contributed by atoms with E-state index < -0.39 is 0 Å². The summed E-state index contributed by atoms with van der Waals surface area (Å²) in [4.78, 5) is 31.5. The van der Waals surface area contributed by atoms with Gasteiger partial charge in [0.25, 0.3) is 5.56 Å². The largest absolute Gasteiger partial charge is 0.486 e. The van der Waals surface area contributed by atoms with Gasteiger partial charge in [-0.1, -0.05) is 18.2 Å². The number of carbonyl (C=O) groups is 1. The number of aromatic nitrogens is 2. The number of benzene rings is 1. The Morgan fingerprint density at radius 1 is 1.20 bits per heavy atom. The molecule has 0 saturated carbocycles. The Bertz CT molecular complexity index is 1260. The van der Waals surface area contributed by atoms with E-state index in [4.69, 9.17) is 9.47 Å². The van der Waals surface area contributed by atoms with Gasteiger partial charge >= 0.3 is 0 Å². The zero-order valence-corrected chi connectivity index (χ0v) is 17.4. The average Bonchev–Trinajstić information content (AvgIpc) is 3.44. The second kappa shape index (κ2) is 7.92. The first-order valence-electron chi connectivity index (χ1n) is 9.35. The van der Waals surface area contributed by atoms with E-state index in [1.54, 1.807) is 11.3 Å². The summed E-state index contributed by atoms with van der Waals surface area (Å²) in [6.07, 6.45) is 1.14. The SMILES string of the molecule is O=C(Cn1cnc2scc(-c3cccs3)c2c1=O)NC[C@H]1COc2ccccc2O1. The monoisotopic (exact) mass is 439 g/mol. The molecular formula is C21H17N3O4S2. The van der Waals surface area contributed by atoms with Crippen molar-refractivity contribution >= 4 is 38.8 Å². The first kappa shape index (κ1) is 18.8. The fourth-order valence-corrected chi connectivity index (χ4v) is 5.02. The summed E-state index contributed by atoms with van der Waals surface area (Å²) in [7, 11) is 0. The number of thiophene rings is 2. The van der Waals surface area contributed by atoms with Crippen LogP contribution in [0.5, 0.6) is 11.5 Å². The van der Waals surface area contributed by atoms with Crippen LogP contribution in [0.15, 0.2) is 58.3 Å². The molecule has 1 amide bonds. The molecule has 1 N–H and O–H groups in total. The van der Waals surface area contributed by atoms with Gasteiger partial charge in [-0.25, -0.2) is 4.98 Å². The third-order valence-corrected chi connectivity index (χ3v) is 6.55. The lowest BCUT2D eigenvalue weighted by molar-refractivity contribution is -0.122. The first-order chi connectivity index (χ1) is 14.7. The third-order valence-electron chi connectivity index (χ3n) is 4.76. The summed E-state index contributed by atoms with van der Waals surface area (Å²) in [5.41, 5.74) is 0.648. The van der Waals surface area contributed by atoms with E-state index in [1.165, 1.54) is 22.2 Å². The molecule has 1 aromatic carbocycles. The highest BCUT2D eigenvalue weighted by Gasteiger charge is 2.21. The number of rotatable bonds is 5. The van der Waals surface area contributed by atoms with Crippen LogP contribution in [0.2, 0.25) is 0 Å². The highest BCUT2D eigenvalue weighted by atomic mass is 32.1. The lowest BCUT2D eigenvalue weighted by Crippen LogP contribution is -2.42. The van der Waals surface area contributed by atoms with Crippen LogP contribution in [-0.2, 0) is 11.3 Å². The van der Waals surface area contributed by atoms with Crippen molar-refractivity contribution in [2.75, 3.05) is 13.2 Å². The Morgan fingerprint density at radius 2 is 2.07 bits per heavy atom. The molecule has 1 aliphatic heterocycles. The molecule has 7 nitrogen and oxygen atoms in total. The van der Waals surface area contributed by atoms with Crippen molar-refractivity contribution in [3.8, 4) is 21.9 Å². The molecule has 0 unspecified atom stereocenters. The number of hydrogen-bond acceptors (Lipinski definition) is 7. The zero-order chi connectivity index (χ0) is 20.5. The van der Waals surface area contributed by atoms with Crippen molar-refractivity contribution in [2.24, 2.45) is 0 Å². The molecule has 5 rings (SSSR count). The fourth-order valence-electron chi connectivity index (χ4n) is 3.30. The summed E-state index contributed by atoms with van der Waals surface area (Å²) in [6, 6.07) is 11.3. The van der Waals surface area contributed by atoms with Crippen LogP contribution >= 0.6 is 22.7 Å². The molecule has 0 bridgehead atoms. The highest BCUT2D eigenvalue weighted by Crippen LogP contribution is 2.33. The van der Waals surface area contributed by atoms with Crippen molar-refractivity contribution in [1.82, 2.24) is 14.9 Å². The number of carbonyl (C=O) groups excluding carboxylic acids is 1. The van der Waals surface area contributed by atoms with Gasteiger partial charge < -0.3 is 14.8 Å². The van der Waals surface area contributed by atoms with E-state index in [0.717, 1.165) is 10.4 Å². The summed E-state index contributed by atoms with van der Waals surface area (Å²) in [5.74, 6) is 1.07. The molecule has 1 atom stereocenters. The molecule has 30 heavy (non-hydrogen) atoms. The molecule has 0 radical (unpaired) electrons. The summed E-state index contributed by atoms with van der Waals surface area (Å²) >= 11 is 3.00. The summed E-state index contributed by atoms with van der Waals surface area (Å²) < 4.78 is 12.8. The Morgan fingerprint density at radius 3 is 2.90 bits per heavy atom. The standard InChI is InChI=1S/C21H17N3O4S2/c25-18(22-8-13-10-27-15-4-1-2-5-16(15)28-13)9-24-12-23-20-19(21(24)26)14(11-30-20)17-6-3-7-29-17/h1-7,11-13H,8-10H2,(H,22,25)/t13-/m0/s1. The molecule has 1 aliphatic rings. The van der Waals surface area contributed by atoms with E-state index in [1.807, 2.05) is 47.2 Å². The number of para-hydroxylation sites is 2. The normalized spacial score (nSPS) is 15.3. The van der Waals surface area contributed by atoms with Crippen molar-refractivity contribution in [3.63, 3.8) is 0 Å². The van der Waals surface area contributed by atoms with Gasteiger partial charge in [-0.15, -0.1) is 22.7 Å². The molecule has 152 valence electrons. The first-order valence-corrected chi connectivity index (χ1v) is 11.1. The Hall–Kier alpha value is -3.17. The maximum absolute atomic E-state index is 13.0. The fraction of sp³-hybridized carbons (Fsp3) is 0.190. The lowest BCUT2D eigenvalue weighted by Gasteiger charge is -2.26. The van der Waals surface area contributed by atoms with Gasteiger partial charge in [-0.2, -0.15) is 0 Å². The third kappa shape index (κ3) is 3.57. The number of amides is 1. The van der Waals surface area contributed by atoms with Crippen molar-refractivity contribution in [3.05, 3.63) is 63.8 Å². The molecule has 0 saturated heterocycles. The molecule has 0 aliphatic carbocycles. The minimum atomic E-state index is -0.288. The van der Waals surface area contributed by atoms with Crippen LogP contribution in [0.4, 0.5) is 0 Å². The predicted octanol–water partition coefficient (Wildman–Crippen LogP) is 3.14. The highest BCUT2D eigenvalue weighted by molar-refractivity contribution is 7.18. The van der Waals surface area contributed by atoms with Gasteiger partial charge in [0.05, 0.1) is 18.3 Å². The quantitative estimate of drug-likeness (QED) is 0.517. The maximum Gasteiger partial charge on any atom is 0.263 e. The number of hydrogen-bond donors (Lipinski definition) is 1. The van der Waals surface area contributed by atoms with E-state index in [2.05, 4.69) is 10.3 Å².